The van der Waals surface area contributed by atoms with Crippen LogP contribution in [0.4, 0.5) is 11.4 Å². The van der Waals surface area contributed by atoms with Crippen LogP contribution >= 0.6 is 11.8 Å². The van der Waals surface area contributed by atoms with Crippen LogP contribution in [0, 0.1) is 10.1 Å². The van der Waals surface area contributed by atoms with Crippen LogP contribution in [0.15, 0.2) is 41.0 Å². The average molecular weight is 444 g/mol. The van der Waals surface area contributed by atoms with Crippen molar-refractivity contribution >= 4 is 39.1 Å². The number of ether oxygens (including phenoxy) is 1. The molecule has 0 aliphatic carbocycles. The topological polar surface area (TPSA) is 132 Å². The molecule has 0 bridgehead atoms. The van der Waals surface area contributed by atoms with Gasteiger partial charge in [0.25, 0.3) is 5.69 Å². The van der Waals surface area contributed by atoms with E-state index in [-0.39, 0.29) is 17.1 Å². The van der Waals surface area contributed by atoms with Gasteiger partial charge in [0.05, 0.1) is 30.3 Å². The molecule has 1 amide bonds. The van der Waals surface area contributed by atoms with Crippen LogP contribution in [-0.4, -0.2) is 51.5 Å². The Morgan fingerprint density at radius 3 is 2.72 bits per heavy atom. The van der Waals surface area contributed by atoms with Crippen LogP contribution in [0.1, 0.15) is 5.76 Å². The van der Waals surface area contributed by atoms with Crippen molar-refractivity contribution in [2.45, 2.75) is 5.75 Å². The standard InChI is InChI=1S/C17H21N3O7S2/c1-26-16-6-5-13(20(22)23)10-15(16)19(29(2,24)25)11-17(21)18-7-9-28-12-14-4-3-8-27-14/h3-6,8,10H,7,9,11-12H2,1-2H3,(H,18,21). The number of nitrogens with one attached hydrogen (secondary N) is 1. The van der Waals surface area contributed by atoms with Crippen LogP contribution in [0.2, 0.25) is 0 Å². The number of carbonyl (C=O) groups is 1. The van der Waals surface area contributed by atoms with E-state index in [1.54, 1.807) is 24.1 Å². The zero-order valence-electron chi connectivity index (χ0n) is 15.9. The Morgan fingerprint density at radius 2 is 2.14 bits per heavy atom. The third-order valence-electron chi connectivity index (χ3n) is 3.72. The van der Waals surface area contributed by atoms with Gasteiger partial charge >= 0.3 is 0 Å². The minimum absolute atomic E-state index is 0.0773. The summed E-state index contributed by atoms with van der Waals surface area (Å²) in [6, 6.07) is 7.18. The van der Waals surface area contributed by atoms with Gasteiger partial charge < -0.3 is 14.5 Å². The number of nitro groups is 1. The molecule has 29 heavy (non-hydrogen) atoms. The first-order valence-corrected chi connectivity index (χ1v) is 11.4. The van der Waals surface area contributed by atoms with Gasteiger partial charge in [-0.05, 0) is 18.2 Å². The summed E-state index contributed by atoms with van der Waals surface area (Å²) in [5, 5.41) is 13.7. The summed E-state index contributed by atoms with van der Waals surface area (Å²) >= 11 is 1.55. The van der Waals surface area contributed by atoms with Gasteiger partial charge in [0.15, 0.2) is 0 Å². The van der Waals surface area contributed by atoms with Crippen molar-refractivity contribution in [3.8, 4) is 5.75 Å². The Kier molecular flexibility index (Phi) is 7.91. The van der Waals surface area contributed by atoms with Crippen molar-refractivity contribution in [2.24, 2.45) is 0 Å². The summed E-state index contributed by atoms with van der Waals surface area (Å²) in [7, 11) is -2.59. The first-order chi connectivity index (χ1) is 13.7. The van der Waals surface area contributed by atoms with Gasteiger partial charge in [-0.15, -0.1) is 0 Å². The number of methoxy groups -OCH3 is 1. The minimum atomic E-state index is -3.90. The van der Waals surface area contributed by atoms with E-state index in [9.17, 15) is 23.3 Å². The molecule has 158 valence electrons. The van der Waals surface area contributed by atoms with Crippen LogP contribution < -0.4 is 14.4 Å². The molecule has 0 aliphatic heterocycles. The Labute approximate surface area is 172 Å². The maximum absolute atomic E-state index is 12.3. The van der Waals surface area contributed by atoms with Gasteiger partial charge in [-0.25, -0.2) is 8.42 Å². The quantitative estimate of drug-likeness (QED) is 0.317. The molecule has 1 aromatic carbocycles. The van der Waals surface area contributed by atoms with Crippen molar-refractivity contribution in [2.75, 3.05) is 36.5 Å². The van der Waals surface area contributed by atoms with Gasteiger partial charge in [0, 0.05) is 24.4 Å². The second kappa shape index (κ2) is 10.2. The summed E-state index contributed by atoms with van der Waals surface area (Å²) in [4.78, 5) is 22.7. The first-order valence-electron chi connectivity index (χ1n) is 8.39. The van der Waals surface area contributed by atoms with Crippen LogP contribution in [-0.2, 0) is 20.6 Å². The Hall–Kier alpha value is -2.73. The lowest BCUT2D eigenvalue weighted by atomic mass is 10.2. The molecule has 0 radical (unpaired) electrons. The number of hydrogen-bond acceptors (Lipinski definition) is 8. The molecule has 0 saturated heterocycles. The number of amides is 1. The highest BCUT2D eigenvalue weighted by Gasteiger charge is 2.26. The van der Waals surface area contributed by atoms with Crippen molar-refractivity contribution in [3.05, 3.63) is 52.5 Å². The van der Waals surface area contributed by atoms with E-state index < -0.39 is 27.4 Å². The van der Waals surface area contributed by atoms with E-state index in [1.807, 2.05) is 6.07 Å². The lowest BCUT2D eigenvalue weighted by molar-refractivity contribution is -0.384. The van der Waals surface area contributed by atoms with E-state index in [2.05, 4.69) is 5.32 Å². The fourth-order valence-corrected chi connectivity index (χ4v) is 3.99. The fraction of sp³-hybridized carbons (Fsp3) is 0.353. The maximum Gasteiger partial charge on any atom is 0.271 e. The van der Waals surface area contributed by atoms with E-state index >= 15 is 0 Å². The molecule has 0 aliphatic rings. The molecule has 0 atom stereocenters. The number of non-ortho nitro benzene ring substituents is 1. The van der Waals surface area contributed by atoms with E-state index in [1.165, 1.54) is 19.2 Å². The smallest absolute Gasteiger partial charge is 0.271 e. The second-order valence-corrected chi connectivity index (χ2v) is 8.88. The molecule has 10 nitrogen and oxygen atoms in total. The highest BCUT2D eigenvalue weighted by atomic mass is 32.2. The number of hydrogen-bond donors (Lipinski definition) is 1. The SMILES string of the molecule is COc1ccc([N+](=O)[O-])cc1N(CC(=O)NCCSCc1ccco1)S(C)(=O)=O. The Morgan fingerprint density at radius 1 is 1.38 bits per heavy atom. The molecule has 12 heteroatoms. The number of carbonyl (C=O) groups excluding carboxylic acids is 1. The number of nitrogens with zero attached hydrogens (tertiary/aromatic N) is 2. The first kappa shape index (κ1) is 22.6. The lowest BCUT2D eigenvalue weighted by Crippen LogP contribution is -2.41. The van der Waals surface area contributed by atoms with Gasteiger partial charge in [0.1, 0.15) is 23.7 Å². The third-order valence-corrected chi connectivity index (χ3v) is 5.83. The number of benzene rings is 1. The minimum Gasteiger partial charge on any atom is -0.495 e. The van der Waals surface area contributed by atoms with E-state index in [0.29, 0.717) is 18.1 Å². The lowest BCUT2D eigenvalue weighted by Gasteiger charge is -2.23. The van der Waals surface area contributed by atoms with Crippen LogP contribution in [0.5, 0.6) is 5.75 Å². The molecule has 0 saturated carbocycles. The summed E-state index contributed by atoms with van der Waals surface area (Å²) < 4.78 is 35.6. The van der Waals surface area contributed by atoms with Crippen molar-refractivity contribution in [1.82, 2.24) is 5.32 Å². The molecule has 1 heterocycles. The predicted molar refractivity (Wildman–Crippen MR) is 110 cm³/mol. The highest BCUT2D eigenvalue weighted by molar-refractivity contribution is 7.98. The Balaban J connectivity index is 2.02. The second-order valence-electron chi connectivity index (χ2n) is 5.86. The average Bonchev–Trinajstić information content (AvgIpc) is 3.18. The fourth-order valence-electron chi connectivity index (χ4n) is 2.38. The number of rotatable bonds is 11. The third kappa shape index (κ3) is 6.68. The van der Waals surface area contributed by atoms with E-state index in [0.717, 1.165) is 22.4 Å². The molecule has 2 aromatic rings. The van der Waals surface area contributed by atoms with Gasteiger partial charge in [-0.3, -0.25) is 19.2 Å². The van der Waals surface area contributed by atoms with Crippen LogP contribution in [0.3, 0.4) is 0 Å². The number of sulfonamides is 1. The molecule has 2 rings (SSSR count). The van der Waals surface area contributed by atoms with Crippen molar-refractivity contribution in [3.63, 3.8) is 0 Å². The zero-order valence-corrected chi connectivity index (χ0v) is 17.5. The molecular formula is C17H21N3O7S2. The zero-order chi connectivity index (χ0) is 21.4. The molecule has 0 fully saturated rings. The maximum atomic E-state index is 12.3. The summed E-state index contributed by atoms with van der Waals surface area (Å²) in [5.74, 6) is 1.64. The molecule has 0 unspecified atom stereocenters. The predicted octanol–water partition coefficient (Wildman–Crippen LogP) is 2.01. The molecular weight excluding hydrogens is 422 g/mol. The number of furan rings is 1. The van der Waals surface area contributed by atoms with E-state index in [4.69, 9.17) is 9.15 Å². The van der Waals surface area contributed by atoms with Crippen molar-refractivity contribution < 1.29 is 27.3 Å². The number of thioether (sulfide) groups is 1. The summed E-state index contributed by atoms with van der Waals surface area (Å²) in [6.07, 6.45) is 2.50. The summed E-state index contributed by atoms with van der Waals surface area (Å²) in [5.41, 5.74) is -0.393. The largest absolute Gasteiger partial charge is 0.495 e. The molecule has 1 aromatic heterocycles. The van der Waals surface area contributed by atoms with Gasteiger partial charge in [-0.2, -0.15) is 11.8 Å². The molecule has 1 N–H and O–H groups in total. The van der Waals surface area contributed by atoms with Crippen molar-refractivity contribution in [1.29, 1.82) is 0 Å². The Bertz CT molecular complexity index is 946. The molecule has 0 spiro atoms. The number of anilines is 1. The summed E-state index contributed by atoms with van der Waals surface area (Å²) in [6.45, 7) is -0.201. The highest BCUT2D eigenvalue weighted by Crippen LogP contribution is 2.33. The number of nitro benzene ring substituents is 1. The monoisotopic (exact) mass is 443 g/mol. The van der Waals surface area contributed by atoms with Gasteiger partial charge in [-0.1, -0.05) is 0 Å². The van der Waals surface area contributed by atoms with Gasteiger partial charge in [0.2, 0.25) is 15.9 Å². The normalized spacial score (nSPS) is 11.1. The van der Waals surface area contributed by atoms with Crippen LogP contribution in [0.25, 0.3) is 0 Å².